The third-order valence-corrected chi connectivity index (χ3v) is 11.9. The molecule has 4 aliphatic rings. The lowest BCUT2D eigenvalue weighted by atomic mass is 9.75. The van der Waals surface area contributed by atoms with E-state index in [4.69, 9.17) is 0 Å². The summed E-state index contributed by atoms with van der Waals surface area (Å²) in [4.78, 5) is 32.9. The van der Waals surface area contributed by atoms with E-state index in [-0.39, 0.29) is 29.7 Å². The first-order chi connectivity index (χ1) is 21.5. The predicted molar refractivity (Wildman–Crippen MR) is 179 cm³/mol. The molecule has 45 heavy (non-hydrogen) atoms. The van der Waals surface area contributed by atoms with Crippen LogP contribution in [0.25, 0.3) is 0 Å². The number of nitrogens with one attached hydrogen (secondary N) is 1. The van der Waals surface area contributed by atoms with Gasteiger partial charge in [0, 0.05) is 49.8 Å². The second-order valence-electron chi connectivity index (χ2n) is 15.8. The molecule has 2 amide bonds. The van der Waals surface area contributed by atoms with Crippen LogP contribution < -0.4 is 5.32 Å². The zero-order valence-corrected chi connectivity index (χ0v) is 28.6. The number of carbonyl (C=O) groups excluding carboxylic acids is 2. The number of anilines is 1. The first-order valence-corrected chi connectivity index (χ1v) is 17.8. The Morgan fingerprint density at radius 1 is 0.956 bits per heavy atom. The van der Waals surface area contributed by atoms with Crippen LogP contribution in [0.5, 0.6) is 0 Å². The summed E-state index contributed by atoms with van der Waals surface area (Å²) in [5.41, 5.74) is 5.63. The minimum absolute atomic E-state index is 0.00469. The number of nitrogens with zero attached hydrogens (tertiary/aromatic N) is 5. The number of benzene rings is 1. The van der Waals surface area contributed by atoms with Gasteiger partial charge in [0.2, 0.25) is 11.8 Å². The number of hydrogen-bond donors (Lipinski definition) is 1. The third-order valence-electron chi connectivity index (χ3n) is 11.9. The topological polar surface area (TPSA) is 83.4 Å². The maximum atomic E-state index is 14.4. The van der Waals surface area contributed by atoms with Gasteiger partial charge in [-0.2, -0.15) is 0 Å². The van der Waals surface area contributed by atoms with Gasteiger partial charge < -0.3 is 15.1 Å². The van der Waals surface area contributed by atoms with Crippen LogP contribution in [0.4, 0.5) is 5.69 Å². The Morgan fingerprint density at radius 2 is 1.67 bits per heavy atom. The van der Waals surface area contributed by atoms with E-state index in [2.05, 4.69) is 85.3 Å². The average Bonchev–Trinajstić information content (AvgIpc) is 3.61. The SMILES string of the molecule is Cc1cc(C)c(NC(=O)C2CCCCC2C(=O)N2CCC(C3CC3)C2Cn2cc(CCN3CCC(C)C(C)(C)C3)nn2)c(C)c1. The van der Waals surface area contributed by atoms with Crippen molar-refractivity contribution in [2.45, 2.75) is 112 Å². The zero-order valence-electron chi connectivity index (χ0n) is 28.6. The molecule has 1 aromatic heterocycles. The van der Waals surface area contributed by atoms with Crippen molar-refractivity contribution in [2.24, 2.45) is 35.0 Å². The van der Waals surface area contributed by atoms with Gasteiger partial charge in [-0.25, -0.2) is 0 Å². The second-order valence-corrected chi connectivity index (χ2v) is 15.8. The molecule has 0 radical (unpaired) electrons. The lowest BCUT2D eigenvalue weighted by molar-refractivity contribution is -0.143. The van der Waals surface area contributed by atoms with E-state index in [1.165, 1.54) is 24.8 Å². The minimum Gasteiger partial charge on any atom is -0.337 e. The van der Waals surface area contributed by atoms with E-state index in [1.807, 2.05) is 4.68 Å². The summed E-state index contributed by atoms with van der Waals surface area (Å²) in [6, 6.07) is 4.35. The highest BCUT2D eigenvalue weighted by atomic mass is 16.2. The Morgan fingerprint density at radius 3 is 2.36 bits per heavy atom. The lowest BCUT2D eigenvalue weighted by Crippen LogP contribution is -2.48. The van der Waals surface area contributed by atoms with Crippen LogP contribution in [0, 0.1) is 55.8 Å². The second kappa shape index (κ2) is 13.2. The van der Waals surface area contributed by atoms with Gasteiger partial charge in [-0.1, -0.05) is 56.5 Å². The summed E-state index contributed by atoms with van der Waals surface area (Å²) < 4.78 is 2.00. The molecule has 5 unspecified atom stereocenters. The molecule has 2 saturated heterocycles. The molecule has 6 rings (SSSR count). The molecule has 2 aromatic rings. The number of hydrogen-bond acceptors (Lipinski definition) is 5. The molecular formula is C37H56N6O2. The summed E-state index contributed by atoms with van der Waals surface area (Å²) in [6.45, 7) is 18.1. The fourth-order valence-corrected chi connectivity index (χ4v) is 8.78. The molecule has 246 valence electrons. The Bertz CT molecular complexity index is 1360. The van der Waals surface area contributed by atoms with Crippen LogP contribution in [0.1, 0.15) is 94.5 Å². The van der Waals surface area contributed by atoms with E-state index in [0.717, 1.165) is 93.1 Å². The number of aryl methyl sites for hydroxylation is 3. The first-order valence-electron chi connectivity index (χ1n) is 17.8. The van der Waals surface area contributed by atoms with Crippen molar-refractivity contribution in [2.75, 3.05) is 31.5 Å². The molecule has 2 aliphatic heterocycles. The van der Waals surface area contributed by atoms with Crippen LogP contribution in [-0.2, 0) is 22.6 Å². The van der Waals surface area contributed by atoms with Crippen molar-refractivity contribution >= 4 is 17.5 Å². The number of rotatable bonds is 9. The average molecular weight is 617 g/mol. The Hall–Kier alpha value is -2.74. The van der Waals surface area contributed by atoms with Crippen molar-refractivity contribution in [1.29, 1.82) is 0 Å². The van der Waals surface area contributed by atoms with Crippen LogP contribution in [0.3, 0.4) is 0 Å². The van der Waals surface area contributed by atoms with Crippen molar-refractivity contribution < 1.29 is 9.59 Å². The maximum Gasteiger partial charge on any atom is 0.228 e. The molecule has 2 aliphatic carbocycles. The van der Waals surface area contributed by atoms with Crippen LogP contribution in [0.2, 0.25) is 0 Å². The number of piperidine rings is 1. The number of likely N-dealkylation sites (tertiary alicyclic amines) is 2. The van der Waals surface area contributed by atoms with Gasteiger partial charge in [0.1, 0.15) is 0 Å². The zero-order chi connectivity index (χ0) is 31.9. The molecule has 8 nitrogen and oxygen atoms in total. The molecular weight excluding hydrogens is 560 g/mol. The van der Waals surface area contributed by atoms with Crippen LogP contribution in [-0.4, -0.2) is 68.8 Å². The highest BCUT2D eigenvalue weighted by molar-refractivity contribution is 5.97. The summed E-state index contributed by atoms with van der Waals surface area (Å²) in [6.07, 6.45) is 11.4. The van der Waals surface area contributed by atoms with Gasteiger partial charge in [0.25, 0.3) is 0 Å². The standard InChI is InChI=1S/C37H56N6O2/c1-24-19-25(2)34(26(3)20-24)38-35(44)31-9-7-8-10-32(31)36(45)43-18-15-30(28-11-12-28)33(43)22-42-21-29(39-40-42)14-17-41-16-13-27(4)37(5,6)23-41/h19-21,27-28,30-33H,7-18,22-23H2,1-6H3,(H,38,44). The lowest BCUT2D eigenvalue weighted by Gasteiger charge is -2.43. The molecule has 1 N–H and O–H groups in total. The van der Waals surface area contributed by atoms with E-state index >= 15 is 0 Å². The molecule has 4 fully saturated rings. The van der Waals surface area contributed by atoms with Crippen molar-refractivity contribution in [3.05, 3.63) is 40.7 Å². The molecule has 1 aromatic carbocycles. The van der Waals surface area contributed by atoms with Crippen molar-refractivity contribution in [3.8, 4) is 0 Å². The summed E-state index contributed by atoms with van der Waals surface area (Å²) in [7, 11) is 0. The first kappa shape index (κ1) is 32.2. The van der Waals surface area contributed by atoms with E-state index in [1.54, 1.807) is 0 Å². The molecule has 0 spiro atoms. The van der Waals surface area contributed by atoms with Gasteiger partial charge in [0.05, 0.1) is 18.3 Å². The molecule has 2 saturated carbocycles. The highest BCUT2D eigenvalue weighted by Gasteiger charge is 2.48. The molecule has 0 bridgehead atoms. The summed E-state index contributed by atoms with van der Waals surface area (Å²) in [5, 5.41) is 12.4. The fraction of sp³-hybridized carbons (Fsp3) is 0.730. The quantitative estimate of drug-likeness (QED) is 0.364. The minimum atomic E-state index is -0.285. The Labute approximate surface area is 270 Å². The van der Waals surface area contributed by atoms with Crippen molar-refractivity contribution in [3.63, 3.8) is 0 Å². The molecule has 3 heterocycles. The fourth-order valence-electron chi connectivity index (χ4n) is 8.78. The maximum absolute atomic E-state index is 14.4. The van der Waals surface area contributed by atoms with Crippen LogP contribution >= 0.6 is 0 Å². The van der Waals surface area contributed by atoms with Gasteiger partial charge in [-0.05, 0) is 100 Å². The van der Waals surface area contributed by atoms with E-state index in [0.29, 0.717) is 23.8 Å². The number of amides is 2. The van der Waals surface area contributed by atoms with Gasteiger partial charge >= 0.3 is 0 Å². The van der Waals surface area contributed by atoms with E-state index < -0.39 is 0 Å². The highest BCUT2D eigenvalue weighted by Crippen LogP contribution is 2.46. The van der Waals surface area contributed by atoms with Gasteiger partial charge in [-0.15, -0.1) is 5.10 Å². The largest absolute Gasteiger partial charge is 0.337 e. The number of aromatic nitrogens is 3. The monoisotopic (exact) mass is 616 g/mol. The molecule has 5 atom stereocenters. The van der Waals surface area contributed by atoms with Crippen molar-refractivity contribution in [1.82, 2.24) is 24.8 Å². The third kappa shape index (κ3) is 7.16. The smallest absolute Gasteiger partial charge is 0.228 e. The summed E-state index contributed by atoms with van der Waals surface area (Å²) in [5.74, 6) is 1.62. The molecule has 8 heteroatoms. The van der Waals surface area contributed by atoms with Crippen LogP contribution in [0.15, 0.2) is 18.3 Å². The van der Waals surface area contributed by atoms with E-state index in [9.17, 15) is 9.59 Å². The number of carbonyl (C=O) groups is 2. The Kier molecular flexibility index (Phi) is 9.43. The van der Waals surface area contributed by atoms with Gasteiger partial charge in [-0.3, -0.25) is 14.3 Å². The normalized spacial score (nSPS) is 28.8. The summed E-state index contributed by atoms with van der Waals surface area (Å²) >= 11 is 0. The van der Waals surface area contributed by atoms with Gasteiger partial charge in [0.15, 0.2) is 0 Å². The predicted octanol–water partition coefficient (Wildman–Crippen LogP) is 6.19. The Balaban J connectivity index is 1.12.